The Labute approximate surface area is 123 Å². The van der Waals surface area contributed by atoms with Crippen molar-refractivity contribution in [1.82, 2.24) is 15.1 Å². The molecule has 1 aromatic heterocycles. The van der Waals surface area contributed by atoms with Crippen LogP contribution in [0, 0.1) is 5.82 Å². The molecule has 5 heteroatoms. The molecule has 0 aliphatic heterocycles. The van der Waals surface area contributed by atoms with Gasteiger partial charge in [0, 0.05) is 24.3 Å². The fraction of sp³-hybridized carbons (Fsp3) is 0.400. The van der Waals surface area contributed by atoms with Gasteiger partial charge in [-0.15, -0.1) is 0 Å². The average Bonchev–Trinajstić information content (AvgIpc) is 2.78. The molecule has 0 fully saturated rings. The smallest absolute Gasteiger partial charge is 0.124 e. The van der Waals surface area contributed by atoms with Crippen LogP contribution in [-0.4, -0.2) is 22.4 Å². The van der Waals surface area contributed by atoms with Gasteiger partial charge in [-0.25, -0.2) is 4.39 Å². The molecule has 3 nitrogen and oxygen atoms in total. The predicted octanol–water partition coefficient (Wildman–Crippen LogP) is 2.98. The standard InChI is InChI=1S/C15H19ClFN3/c1-3-18-14(6-11-9-19-20(2)10-11)7-12-4-5-13(17)8-15(12)16/h4-5,8-10,14,18H,3,6-7H2,1-2H3. The highest BCUT2D eigenvalue weighted by molar-refractivity contribution is 6.31. The number of nitrogens with zero attached hydrogens (tertiary/aromatic N) is 2. The summed E-state index contributed by atoms with van der Waals surface area (Å²) >= 11 is 6.10. The molecule has 0 aliphatic rings. The summed E-state index contributed by atoms with van der Waals surface area (Å²) in [6.45, 7) is 2.95. The van der Waals surface area contributed by atoms with Gasteiger partial charge in [0.05, 0.1) is 6.20 Å². The van der Waals surface area contributed by atoms with Gasteiger partial charge in [-0.2, -0.15) is 5.10 Å². The van der Waals surface area contributed by atoms with E-state index in [2.05, 4.69) is 17.3 Å². The quantitative estimate of drug-likeness (QED) is 0.888. The Morgan fingerprint density at radius 2 is 2.20 bits per heavy atom. The molecule has 20 heavy (non-hydrogen) atoms. The summed E-state index contributed by atoms with van der Waals surface area (Å²) in [6.07, 6.45) is 5.52. The van der Waals surface area contributed by atoms with E-state index in [1.807, 2.05) is 19.4 Å². The minimum absolute atomic E-state index is 0.257. The number of likely N-dealkylation sites (N-methyl/N-ethyl adjacent to an activating group) is 1. The van der Waals surface area contributed by atoms with E-state index in [-0.39, 0.29) is 11.9 Å². The van der Waals surface area contributed by atoms with Crippen LogP contribution in [0.5, 0.6) is 0 Å². The van der Waals surface area contributed by atoms with Crippen molar-refractivity contribution in [3.05, 3.63) is 52.6 Å². The molecule has 0 saturated carbocycles. The summed E-state index contributed by atoms with van der Waals surface area (Å²) in [6, 6.07) is 4.83. The van der Waals surface area contributed by atoms with Crippen LogP contribution < -0.4 is 5.32 Å². The summed E-state index contributed by atoms with van der Waals surface area (Å²) in [5.41, 5.74) is 2.14. The molecule has 0 bridgehead atoms. The SMILES string of the molecule is CCNC(Cc1cnn(C)c1)Cc1ccc(F)cc1Cl. The van der Waals surface area contributed by atoms with Crippen molar-refractivity contribution in [2.75, 3.05) is 6.54 Å². The number of hydrogen-bond donors (Lipinski definition) is 1. The summed E-state index contributed by atoms with van der Waals surface area (Å²) < 4.78 is 14.9. The van der Waals surface area contributed by atoms with E-state index in [9.17, 15) is 4.39 Å². The molecule has 2 rings (SSSR count). The summed E-state index contributed by atoms with van der Waals surface area (Å²) in [5, 5.41) is 8.11. The molecule has 108 valence electrons. The zero-order chi connectivity index (χ0) is 14.5. The van der Waals surface area contributed by atoms with Crippen molar-refractivity contribution >= 4 is 11.6 Å². The Morgan fingerprint density at radius 3 is 2.80 bits per heavy atom. The molecule has 1 N–H and O–H groups in total. The normalized spacial score (nSPS) is 12.6. The van der Waals surface area contributed by atoms with E-state index in [1.165, 1.54) is 17.7 Å². The van der Waals surface area contributed by atoms with Crippen molar-refractivity contribution < 1.29 is 4.39 Å². The van der Waals surface area contributed by atoms with E-state index in [4.69, 9.17) is 11.6 Å². The lowest BCUT2D eigenvalue weighted by atomic mass is 10.0. The lowest BCUT2D eigenvalue weighted by Crippen LogP contribution is -2.33. The summed E-state index contributed by atoms with van der Waals surface area (Å²) in [4.78, 5) is 0. The maximum Gasteiger partial charge on any atom is 0.124 e. The van der Waals surface area contributed by atoms with Gasteiger partial charge in [-0.3, -0.25) is 4.68 Å². The maximum atomic E-state index is 13.1. The topological polar surface area (TPSA) is 29.9 Å². The summed E-state index contributed by atoms with van der Waals surface area (Å²) in [5.74, 6) is -0.300. The van der Waals surface area contributed by atoms with Gasteiger partial charge in [0.25, 0.3) is 0 Å². The van der Waals surface area contributed by atoms with Gasteiger partial charge < -0.3 is 5.32 Å². The summed E-state index contributed by atoms with van der Waals surface area (Å²) in [7, 11) is 1.91. The Kier molecular flexibility index (Phi) is 5.15. The first-order chi connectivity index (χ1) is 9.58. The number of benzene rings is 1. The van der Waals surface area contributed by atoms with E-state index in [0.29, 0.717) is 5.02 Å². The van der Waals surface area contributed by atoms with Gasteiger partial charge in [-0.1, -0.05) is 24.6 Å². The third-order valence-corrected chi connectivity index (χ3v) is 3.57. The largest absolute Gasteiger partial charge is 0.314 e. The molecule has 1 atom stereocenters. The van der Waals surface area contributed by atoms with Crippen molar-refractivity contribution in [2.45, 2.75) is 25.8 Å². The molecule has 0 spiro atoms. The first-order valence-corrected chi connectivity index (χ1v) is 7.11. The minimum atomic E-state index is -0.300. The van der Waals surface area contributed by atoms with E-state index < -0.39 is 0 Å². The first-order valence-electron chi connectivity index (χ1n) is 6.73. The molecule has 1 unspecified atom stereocenters. The molecule has 2 aromatic rings. The third kappa shape index (κ3) is 4.05. The lowest BCUT2D eigenvalue weighted by molar-refractivity contribution is 0.520. The second-order valence-corrected chi connectivity index (χ2v) is 5.33. The van der Waals surface area contributed by atoms with Crippen LogP contribution in [-0.2, 0) is 19.9 Å². The van der Waals surface area contributed by atoms with E-state index in [1.54, 1.807) is 10.7 Å². The fourth-order valence-electron chi connectivity index (χ4n) is 2.32. The maximum absolute atomic E-state index is 13.1. The lowest BCUT2D eigenvalue weighted by Gasteiger charge is -2.18. The van der Waals surface area contributed by atoms with Gasteiger partial charge in [0.15, 0.2) is 0 Å². The van der Waals surface area contributed by atoms with Crippen molar-refractivity contribution in [2.24, 2.45) is 7.05 Å². The van der Waals surface area contributed by atoms with Crippen LogP contribution in [0.2, 0.25) is 5.02 Å². The first kappa shape index (κ1) is 15.0. The Morgan fingerprint density at radius 1 is 1.40 bits per heavy atom. The van der Waals surface area contributed by atoms with Crippen molar-refractivity contribution in [3.63, 3.8) is 0 Å². The molecule has 1 aromatic carbocycles. The Bertz CT molecular complexity index is 568. The third-order valence-electron chi connectivity index (χ3n) is 3.21. The van der Waals surface area contributed by atoms with Crippen molar-refractivity contribution in [3.8, 4) is 0 Å². The minimum Gasteiger partial charge on any atom is -0.314 e. The van der Waals surface area contributed by atoms with Crippen LogP contribution in [0.15, 0.2) is 30.6 Å². The Balaban J connectivity index is 2.08. The molecular formula is C15H19ClFN3. The second kappa shape index (κ2) is 6.86. The number of halogens is 2. The fourth-order valence-corrected chi connectivity index (χ4v) is 2.56. The van der Waals surface area contributed by atoms with Crippen LogP contribution in [0.3, 0.4) is 0 Å². The van der Waals surface area contributed by atoms with Crippen LogP contribution in [0.4, 0.5) is 4.39 Å². The van der Waals surface area contributed by atoms with E-state index >= 15 is 0 Å². The number of hydrogen-bond acceptors (Lipinski definition) is 2. The highest BCUT2D eigenvalue weighted by Gasteiger charge is 2.13. The highest BCUT2D eigenvalue weighted by atomic mass is 35.5. The zero-order valence-corrected chi connectivity index (χ0v) is 12.5. The number of nitrogens with one attached hydrogen (secondary N) is 1. The molecule has 1 heterocycles. The Hall–Kier alpha value is -1.39. The second-order valence-electron chi connectivity index (χ2n) is 4.92. The average molecular weight is 296 g/mol. The molecule has 0 amide bonds. The number of aromatic nitrogens is 2. The van der Waals surface area contributed by atoms with Crippen molar-refractivity contribution in [1.29, 1.82) is 0 Å². The predicted molar refractivity (Wildman–Crippen MR) is 79.5 cm³/mol. The molecular weight excluding hydrogens is 277 g/mol. The van der Waals surface area contributed by atoms with Crippen LogP contribution in [0.1, 0.15) is 18.1 Å². The van der Waals surface area contributed by atoms with Crippen LogP contribution >= 0.6 is 11.6 Å². The van der Waals surface area contributed by atoms with Gasteiger partial charge in [0.2, 0.25) is 0 Å². The van der Waals surface area contributed by atoms with E-state index in [0.717, 1.165) is 24.9 Å². The highest BCUT2D eigenvalue weighted by Crippen LogP contribution is 2.19. The van der Waals surface area contributed by atoms with Gasteiger partial charge in [-0.05, 0) is 42.6 Å². The van der Waals surface area contributed by atoms with Crippen LogP contribution in [0.25, 0.3) is 0 Å². The zero-order valence-electron chi connectivity index (χ0n) is 11.7. The van der Waals surface area contributed by atoms with Gasteiger partial charge in [0.1, 0.15) is 5.82 Å². The number of rotatable bonds is 6. The van der Waals surface area contributed by atoms with Gasteiger partial charge >= 0.3 is 0 Å². The number of aryl methyl sites for hydroxylation is 1. The molecule has 0 radical (unpaired) electrons. The molecule has 0 aliphatic carbocycles. The monoisotopic (exact) mass is 295 g/mol. The molecule has 0 saturated heterocycles.